The summed E-state index contributed by atoms with van der Waals surface area (Å²) in [4.78, 5) is 29.2. The molecular formula is C16H11ClF3N3O2S2. The van der Waals surface area contributed by atoms with Gasteiger partial charge in [-0.3, -0.25) is 14.2 Å². The molecule has 0 saturated heterocycles. The molecular weight excluding hydrogens is 423 g/mol. The first-order valence-corrected chi connectivity index (χ1v) is 9.65. The van der Waals surface area contributed by atoms with Crippen LogP contribution in [0.5, 0.6) is 0 Å². The maximum atomic E-state index is 12.9. The van der Waals surface area contributed by atoms with Gasteiger partial charge >= 0.3 is 6.18 Å². The molecule has 0 bridgehead atoms. The van der Waals surface area contributed by atoms with Crippen molar-refractivity contribution in [2.45, 2.75) is 11.3 Å². The van der Waals surface area contributed by atoms with Crippen molar-refractivity contribution in [2.75, 3.05) is 11.1 Å². The first-order valence-electron chi connectivity index (χ1n) is 7.40. The molecule has 0 fully saturated rings. The van der Waals surface area contributed by atoms with E-state index in [1.54, 1.807) is 18.5 Å². The number of thioether (sulfide) groups is 1. The highest BCUT2D eigenvalue weighted by molar-refractivity contribution is 7.99. The number of rotatable bonds is 4. The third-order valence-corrected chi connectivity index (χ3v) is 5.72. The fourth-order valence-electron chi connectivity index (χ4n) is 2.26. The van der Waals surface area contributed by atoms with Crippen LogP contribution in [-0.2, 0) is 18.0 Å². The van der Waals surface area contributed by atoms with Crippen molar-refractivity contribution in [3.63, 3.8) is 0 Å². The first kappa shape index (κ1) is 19.7. The molecule has 2 aromatic heterocycles. The van der Waals surface area contributed by atoms with E-state index in [1.165, 1.54) is 22.0 Å². The highest BCUT2D eigenvalue weighted by Gasteiger charge is 2.33. The van der Waals surface area contributed by atoms with Crippen LogP contribution in [0.15, 0.2) is 39.6 Å². The molecule has 1 aromatic carbocycles. The zero-order valence-corrected chi connectivity index (χ0v) is 16.0. The highest BCUT2D eigenvalue weighted by atomic mass is 35.5. The van der Waals surface area contributed by atoms with E-state index in [0.717, 1.165) is 23.9 Å². The Bertz CT molecular complexity index is 1080. The summed E-state index contributed by atoms with van der Waals surface area (Å²) in [6, 6.07) is 4.81. The van der Waals surface area contributed by atoms with Crippen LogP contribution in [0.25, 0.3) is 10.2 Å². The van der Waals surface area contributed by atoms with Gasteiger partial charge in [-0.05, 0) is 29.6 Å². The number of benzene rings is 1. The van der Waals surface area contributed by atoms with E-state index in [1.807, 2.05) is 0 Å². The summed E-state index contributed by atoms with van der Waals surface area (Å²) in [6.45, 7) is 0. The Kier molecular flexibility index (Phi) is 5.50. The van der Waals surface area contributed by atoms with Gasteiger partial charge in [0, 0.05) is 12.7 Å². The number of carbonyl (C=O) groups excluding carboxylic acids is 1. The van der Waals surface area contributed by atoms with Crippen molar-refractivity contribution in [3.05, 3.63) is 50.6 Å². The maximum Gasteiger partial charge on any atom is 0.417 e. The highest BCUT2D eigenvalue weighted by Crippen LogP contribution is 2.36. The smallest absolute Gasteiger partial charge is 0.325 e. The third kappa shape index (κ3) is 4.28. The lowest BCUT2D eigenvalue weighted by Gasteiger charge is -2.12. The monoisotopic (exact) mass is 433 g/mol. The molecule has 0 aliphatic rings. The van der Waals surface area contributed by atoms with E-state index in [2.05, 4.69) is 10.3 Å². The van der Waals surface area contributed by atoms with Crippen molar-refractivity contribution < 1.29 is 18.0 Å². The predicted octanol–water partition coefficient (Wildman–Crippen LogP) is 4.40. The Morgan fingerprint density at radius 3 is 2.81 bits per heavy atom. The van der Waals surface area contributed by atoms with E-state index in [0.29, 0.717) is 15.4 Å². The summed E-state index contributed by atoms with van der Waals surface area (Å²) >= 11 is 7.88. The van der Waals surface area contributed by atoms with Crippen molar-refractivity contribution >= 4 is 56.5 Å². The lowest BCUT2D eigenvalue weighted by Crippen LogP contribution is -2.21. The molecule has 2 heterocycles. The molecule has 1 amide bonds. The minimum atomic E-state index is -4.62. The van der Waals surface area contributed by atoms with Crippen LogP contribution >= 0.6 is 34.7 Å². The molecule has 0 spiro atoms. The summed E-state index contributed by atoms with van der Waals surface area (Å²) in [7, 11) is 1.54. The Morgan fingerprint density at radius 1 is 1.37 bits per heavy atom. The molecule has 142 valence electrons. The lowest BCUT2D eigenvalue weighted by atomic mass is 10.2. The van der Waals surface area contributed by atoms with Crippen molar-refractivity contribution in [1.29, 1.82) is 0 Å². The predicted molar refractivity (Wildman–Crippen MR) is 101 cm³/mol. The van der Waals surface area contributed by atoms with Crippen LogP contribution in [0.2, 0.25) is 5.02 Å². The van der Waals surface area contributed by atoms with Crippen molar-refractivity contribution in [3.8, 4) is 0 Å². The molecule has 0 radical (unpaired) electrons. The van der Waals surface area contributed by atoms with Gasteiger partial charge in [0.25, 0.3) is 5.56 Å². The van der Waals surface area contributed by atoms with Crippen LogP contribution in [0.3, 0.4) is 0 Å². The molecule has 0 aliphatic carbocycles. The molecule has 0 saturated carbocycles. The standard InChI is InChI=1S/C16H11ClF3N3O2S2/c1-23-14(25)9-4-5-26-13(9)22-15(23)27-7-12(24)21-8-2-3-11(17)10(6-8)16(18,19)20/h2-6H,7H2,1H3,(H,21,24). The summed E-state index contributed by atoms with van der Waals surface area (Å²) in [5.41, 5.74) is -1.27. The number of anilines is 1. The summed E-state index contributed by atoms with van der Waals surface area (Å²) in [5, 5.41) is 4.53. The second kappa shape index (κ2) is 7.53. The SMILES string of the molecule is Cn1c(SCC(=O)Nc2ccc(Cl)c(C(F)(F)F)c2)nc2sccc2c1=O. The second-order valence-electron chi connectivity index (χ2n) is 5.43. The number of hydrogen-bond donors (Lipinski definition) is 1. The van der Waals surface area contributed by atoms with E-state index in [4.69, 9.17) is 11.6 Å². The average molecular weight is 434 g/mol. The molecule has 0 aliphatic heterocycles. The molecule has 11 heteroatoms. The maximum absolute atomic E-state index is 12.9. The van der Waals surface area contributed by atoms with E-state index in [-0.39, 0.29) is 17.0 Å². The summed E-state index contributed by atoms with van der Waals surface area (Å²) in [5.74, 6) is -0.655. The minimum absolute atomic E-state index is 0.0205. The van der Waals surface area contributed by atoms with Crippen molar-refractivity contribution in [1.82, 2.24) is 9.55 Å². The number of thiophene rings is 1. The molecule has 27 heavy (non-hydrogen) atoms. The third-order valence-electron chi connectivity index (χ3n) is 3.55. The van der Waals surface area contributed by atoms with Crippen LogP contribution in [0.4, 0.5) is 18.9 Å². The normalized spacial score (nSPS) is 11.7. The number of aromatic nitrogens is 2. The van der Waals surface area contributed by atoms with Crippen LogP contribution in [0.1, 0.15) is 5.56 Å². The molecule has 3 rings (SSSR count). The van der Waals surface area contributed by atoms with Gasteiger partial charge in [-0.2, -0.15) is 13.2 Å². The van der Waals surface area contributed by atoms with Gasteiger partial charge in [-0.1, -0.05) is 23.4 Å². The Labute approximate surface area is 164 Å². The average Bonchev–Trinajstić information content (AvgIpc) is 3.06. The first-order chi connectivity index (χ1) is 12.7. The number of fused-ring (bicyclic) bond motifs is 1. The number of nitrogens with one attached hydrogen (secondary N) is 1. The molecule has 1 N–H and O–H groups in total. The van der Waals surface area contributed by atoms with Gasteiger partial charge in [0.2, 0.25) is 5.91 Å². The van der Waals surface area contributed by atoms with E-state index < -0.39 is 22.7 Å². The largest absolute Gasteiger partial charge is 0.417 e. The van der Waals surface area contributed by atoms with E-state index >= 15 is 0 Å². The zero-order chi connectivity index (χ0) is 19.8. The van der Waals surface area contributed by atoms with Crippen LogP contribution in [-0.4, -0.2) is 21.2 Å². The Morgan fingerprint density at radius 2 is 2.11 bits per heavy atom. The summed E-state index contributed by atoms with van der Waals surface area (Å²) < 4.78 is 40.0. The fraction of sp³-hybridized carbons (Fsp3) is 0.188. The Balaban J connectivity index is 1.72. The minimum Gasteiger partial charge on any atom is -0.325 e. The quantitative estimate of drug-likeness (QED) is 0.489. The van der Waals surface area contributed by atoms with Gasteiger partial charge < -0.3 is 5.32 Å². The van der Waals surface area contributed by atoms with E-state index in [9.17, 15) is 22.8 Å². The number of hydrogen-bond acceptors (Lipinski definition) is 5. The number of halogens is 4. The van der Waals surface area contributed by atoms with Gasteiger partial charge in [0.05, 0.1) is 21.7 Å². The van der Waals surface area contributed by atoms with Crippen LogP contribution in [0, 0.1) is 0 Å². The molecule has 5 nitrogen and oxygen atoms in total. The zero-order valence-electron chi connectivity index (χ0n) is 13.6. The number of amides is 1. The summed E-state index contributed by atoms with van der Waals surface area (Å²) in [6.07, 6.45) is -4.62. The second-order valence-corrected chi connectivity index (χ2v) is 7.67. The van der Waals surface area contributed by atoms with Gasteiger partial charge in [0.1, 0.15) is 4.83 Å². The fourth-order valence-corrected chi connectivity index (χ4v) is 4.06. The number of nitrogens with zero attached hydrogens (tertiary/aromatic N) is 2. The molecule has 3 aromatic rings. The lowest BCUT2D eigenvalue weighted by molar-refractivity contribution is -0.137. The number of alkyl halides is 3. The van der Waals surface area contributed by atoms with Gasteiger partial charge in [-0.25, -0.2) is 4.98 Å². The van der Waals surface area contributed by atoms with Gasteiger partial charge in [0.15, 0.2) is 5.16 Å². The van der Waals surface area contributed by atoms with Crippen LogP contribution < -0.4 is 10.9 Å². The molecule has 0 atom stereocenters. The number of carbonyl (C=O) groups is 1. The van der Waals surface area contributed by atoms with Crippen molar-refractivity contribution in [2.24, 2.45) is 7.05 Å². The topological polar surface area (TPSA) is 64.0 Å². The van der Waals surface area contributed by atoms with Gasteiger partial charge in [-0.15, -0.1) is 11.3 Å². The Hall–Kier alpha value is -2.04. The molecule has 0 unspecified atom stereocenters.